The van der Waals surface area contributed by atoms with Crippen molar-refractivity contribution in [3.63, 3.8) is 0 Å². The summed E-state index contributed by atoms with van der Waals surface area (Å²) in [6.45, 7) is 2.08. The Balaban J connectivity index is 1.18. The summed E-state index contributed by atoms with van der Waals surface area (Å²) in [7, 11) is 0. The third kappa shape index (κ3) is 6.60. The van der Waals surface area contributed by atoms with Crippen LogP contribution in [0.25, 0.3) is 0 Å². The molecular weight excluding hydrogens is 464 g/mol. The summed E-state index contributed by atoms with van der Waals surface area (Å²) in [5.74, 6) is -0.254. The summed E-state index contributed by atoms with van der Waals surface area (Å²) >= 11 is 0. The van der Waals surface area contributed by atoms with Crippen molar-refractivity contribution in [3.8, 4) is 17.2 Å². The van der Waals surface area contributed by atoms with Crippen LogP contribution in [0.4, 0.5) is 5.69 Å². The normalized spacial score (nSPS) is 11.7. The number of benzene rings is 3. The quantitative estimate of drug-likeness (QED) is 0.254. The van der Waals surface area contributed by atoms with Gasteiger partial charge in [0.1, 0.15) is 5.75 Å². The van der Waals surface area contributed by atoms with E-state index in [-0.39, 0.29) is 25.9 Å². The number of nitrogens with one attached hydrogen (secondary N) is 3. The summed E-state index contributed by atoms with van der Waals surface area (Å²) in [5, 5.41) is 9.11. The lowest BCUT2D eigenvalue weighted by Crippen LogP contribution is -2.37. The van der Waals surface area contributed by atoms with E-state index in [2.05, 4.69) is 21.2 Å². The molecule has 0 saturated heterocycles. The molecule has 10 nitrogen and oxygen atoms in total. The Kier molecular flexibility index (Phi) is 7.76. The van der Waals surface area contributed by atoms with Crippen molar-refractivity contribution in [2.24, 2.45) is 5.10 Å². The average molecular weight is 489 g/mol. The fourth-order valence-corrected chi connectivity index (χ4v) is 3.23. The van der Waals surface area contributed by atoms with Crippen LogP contribution in [0.2, 0.25) is 0 Å². The largest absolute Gasteiger partial charge is 0.484 e. The van der Waals surface area contributed by atoms with Crippen molar-refractivity contribution >= 4 is 29.6 Å². The number of fused-ring (bicyclic) bond motifs is 1. The van der Waals surface area contributed by atoms with Crippen molar-refractivity contribution in [2.75, 3.05) is 18.7 Å². The number of anilines is 1. The number of nitrogens with zero attached hydrogens (tertiary/aromatic N) is 1. The molecule has 36 heavy (non-hydrogen) atoms. The van der Waals surface area contributed by atoms with Gasteiger partial charge in [-0.2, -0.15) is 5.10 Å². The highest BCUT2D eigenvalue weighted by molar-refractivity contribution is 6.35. The van der Waals surface area contributed by atoms with Gasteiger partial charge in [0.25, 0.3) is 5.91 Å². The molecule has 3 aromatic rings. The standard InChI is InChI=1S/C26H24N4O6/c1-17-4-2-3-5-21(17)29-24(31)15-34-20-9-6-18(7-10-20)14-28-30-26(33)25(32)27-13-19-8-11-22-23(12-19)36-16-35-22/h2-12,14H,13,15-16H2,1H3,(H,27,32)(H,29,31)(H,30,33)/b28-14-. The first-order chi connectivity index (χ1) is 17.5. The maximum atomic E-state index is 12.1. The molecule has 0 spiro atoms. The summed E-state index contributed by atoms with van der Waals surface area (Å²) in [6.07, 6.45) is 1.39. The maximum Gasteiger partial charge on any atom is 0.329 e. The Bertz CT molecular complexity index is 1290. The van der Waals surface area contributed by atoms with Gasteiger partial charge in [0, 0.05) is 12.2 Å². The fraction of sp³-hybridized carbons (Fsp3) is 0.154. The van der Waals surface area contributed by atoms with Gasteiger partial charge in [-0.25, -0.2) is 5.43 Å². The van der Waals surface area contributed by atoms with Crippen LogP contribution in [-0.2, 0) is 20.9 Å². The van der Waals surface area contributed by atoms with E-state index in [1.807, 2.05) is 31.2 Å². The molecule has 1 aliphatic heterocycles. The van der Waals surface area contributed by atoms with Gasteiger partial charge >= 0.3 is 11.8 Å². The lowest BCUT2D eigenvalue weighted by Gasteiger charge is -2.09. The molecule has 184 valence electrons. The minimum atomic E-state index is -0.897. The minimum absolute atomic E-state index is 0.140. The first kappa shape index (κ1) is 24.3. The number of hydrogen-bond acceptors (Lipinski definition) is 7. The molecule has 0 aliphatic carbocycles. The van der Waals surface area contributed by atoms with Crippen molar-refractivity contribution in [1.82, 2.24) is 10.7 Å². The van der Waals surface area contributed by atoms with Crippen LogP contribution in [0.1, 0.15) is 16.7 Å². The Morgan fingerprint density at radius 1 is 0.972 bits per heavy atom. The van der Waals surface area contributed by atoms with Crippen molar-refractivity contribution < 1.29 is 28.6 Å². The van der Waals surface area contributed by atoms with Crippen LogP contribution in [0.3, 0.4) is 0 Å². The van der Waals surface area contributed by atoms with Crippen molar-refractivity contribution in [1.29, 1.82) is 0 Å². The van der Waals surface area contributed by atoms with E-state index < -0.39 is 11.8 Å². The number of carbonyl (C=O) groups excluding carboxylic acids is 3. The third-order valence-electron chi connectivity index (χ3n) is 5.15. The van der Waals surface area contributed by atoms with E-state index in [9.17, 15) is 14.4 Å². The fourth-order valence-electron chi connectivity index (χ4n) is 3.23. The lowest BCUT2D eigenvalue weighted by atomic mass is 10.2. The highest BCUT2D eigenvalue weighted by Gasteiger charge is 2.15. The number of rotatable bonds is 8. The SMILES string of the molecule is Cc1ccccc1NC(=O)COc1ccc(/C=N\NC(=O)C(=O)NCc2ccc3c(c2)OCO3)cc1. The van der Waals surface area contributed by atoms with Crippen molar-refractivity contribution in [3.05, 3.63) is 83.4 Å². The summed E-state index contributed by atoms with van der Waals surface area (Å²) < 4.78 is 16.0. The number of para-hydroxylation sites is 1. The second kappa shape index (κ2) is 11.5. The molecule has 1 aliphatic rings. The lowest BCUT2D eigenvalue weighted by molar-refractivity contribution is -0.139. The van der Waals surface area contributed by atoms with E-state index in [4.69, 9.17) is 14.2 Å². The van der Waals surface area contributed by atoms with Gasteiger partial charge in [0.05, 0.1) is 6.21 Å². The monoisotopic (exact) mass is 488 g/mol. The molecule has 0 saturated carbocycles. The van der Waals surface area contributed by atoms with Crippen LogP contribution >= 0.6 is 0 Å². The Morgan fingerprint density at radius 2 is 1.75 bits per heavy atom. The average Bonchev–Trinajstić information content (AvgIpc) is 3.36. The molecule has 10 heteroatoms. The second-order valence-corrected chi connectivity index (χ2v) is 7.79. The number of carbonyl (C=O) groups is 3. The number of amides is 3. The van der Waals surface area contributed by atoms with Crippen LogP contribution in [0, 0.1) is 6.92 Å². The number of ether oxygens (including phenoxy) is 3. The second-order valence-electron chi connectivity index (χ2n) is 7.79. The van der Waals surface area contributed by atoms with E-state index in [0.717, 1.165) is 16.8 Å². The van der Waals surface area contributed by atoms with Gasteiger partial charge in [-0.1, -0.05) is 24.3 Å². The zero-order valence-electron chi connectivity index (χ0n) is 19.4. The molecule has 0 atom stereocenters. The van der Waals surface area contributed by atoms with Crippen LogP contribution in [0.5, 0.6) is 17.2 Å². The van der Waals surface area contributed by atoms with Gasteiger partial charge in [-0.3, -0.25) is 14.4 Å². The van der Waals surface area contributed by atoms with E-state index in [0.29, 0.717) is 22.8 Å². The van der Waals surface area contributed by atoms with Crippen molar-refractivity contribution in [2.45, 2.75) is 13.5 Å². The van der Waals surface area contributed by atoms with Gasteiger partial charge in [-0.15, -0.1) is 0 Å². The molecule has 3 amide bonds. The summed E-state index contributed by atoms with van der Waals surface area (Å²) in [5.41, 5.74) is 5.30. The molecule has 3 N–H and O–H groups in total. The topological polar surface area (TPSA) is 127 Å². The van der Waals surface area contributed by atoms with Crippen LogP contribution < -0.4 is 30.3 Å². The van der Waals surface area contributed by atoms with Gasteiger partial charge < -0.3 is 24.8 Å². The Hall–Kier alpha value is -4.86. The predicted molar refractivity (Wildman–Crippen MR) is 132 cm³/mol. The van der Waals surface area contributed by atoms with Crippen LogP contribution in [0.15, 0.2) is 71.8 Å². The first-order valence-electron chi connectivity index (χ1n) is 11.1. The Morgan fingerprint density at radius 3 is 2.56 bits per heavy atom. The highest BCUT2D eigenvalue weighted by Crippen LogP contribution is 2.32. The first-order valence-corrected chi connectivity index (χ1v) is 11.1. The van der Waals surface area contributed by atoms with E-state index >= 15 is 0 Å². The summed E-state index contributed by atoms with van der Waals surface area (Å²) in [4.78, 5) is 36.0. The third-order valence-corrected chi connectivity index (χ3v) is 5.15. The molecule has 0 fully saturated rings. The predicted octanol–water partition coefficient (Wildman–Crippen LogP) is 2.51. The van der Waals surface area contributed by atoms with Gasteiger partial charge in [0.15, 0.2) is 18.1 Å². The molecule has 0 aromatic heterocycles. The molecular formula is C26H24N4O6. The maximum absolute atomic E-state index is 12.1. The molecule has 0 bridgehead atoms. The van der Waals surface area contributed by atoms with E-state index in [1.165, 1.54) is 6.21 Å². The molecule has 3 aromatic carbocycles. The Labute approximate surface area is 207 Å². The number of hydrazone groups is 1. The van der Waals surface area contributed by atoms with E-state index in [1.54, 1.807) is 42.5 Å². The molecule has 1 heterocycles. The molecule has 4 rings (SSSR count). The summed E-state index contributed by atoms with van der Waals surface area (Å²) in [6, 6.07) is 19.5. The zero-order valence-corrected chi connectivity index (χ0v) is 19.4. The molecule has 0 radical (unpaired) electrons. The smallest absolute Gasteiger partial charge is 0.329 e. The molecule has 0 unspecified atom stereocenters. The number of hydrogen-bond donors (Lipinski definition) is 3. The van der Waals surface area contributed by atoms with Crippen LogP contribution in [-0.4, -0.2) is 37.3 Å². The van der Waals surface area contributed by atoms with Gasteiger partial charge in [-0.05, 0) is 66.1 Å². The zero-order chi connectivity index (χ0) is 25.3. The highest BCUT2D eigenvalue weighted by atomic mass is 16.7. The van der Waals surface area contributed by atoms with Gasteiger partial charge in [0.2, 0.25) is 6.79 Å². The number of aryl methyl sites for hydroxylation is 1. The minimum Gasteiger partial charge on any atom is -0.484 e.